The summed E-state index contributed by atoms with van der Waals surface area (Å²) >= 11 is 7.52. The number of thioether (sulfide) groups is 1. The van der Waals surface area contributed by atoms with Crippen LogP contribution in [0, 0.1) is 5.41 Å². The number of carbonyl (C=O) groups excluding carboxylic acids is 1. The summed E-state index contributed by atoms with van der Waals surface area (Å²) in [6.07, 6.45) is 0. The second kappa shape index (κ2) is 7.97. The van der Waals surface area contributed by atoms with Gasteiger partial charge in [-0.25, -0.2) is 4.98 Å². The van der Waals surface area contributed by atoms with Gasteiger partial charge in [0, 0.05) is 5.41 Å². The number of hydrogen-bond acceptors (Lipinski definition) is 5. The largest absolute Gasteiger partial charge is 0.495 e. The van der Waals surface area contributed by atoms with Crippen LogP contribution in [0.25, 0.3) is 16.6 Å². The summed E-state index contributed by atoms with van der Waals surface area (Å²) in [5, 5.41) is 1.34. The number of carbonyl (C=O) groups is 1. The Morgan fingerprint density at radius 3 is 2.57 bits per heavy atom. The SMILES string of the molecule is COc1ccc(-n2c(SCC(=O)C(C)(C)C)nc3ccccc3c2=O)cc1Cl. The Morgan fingerprint density at radius 1 is 1.21 bits per heavy atom. The molecule has 5 nitrogen and oxygen atoms in total. The quantitative estimate of drug-likeness (QED) is 0.443. The van der Waals surface area contributed by atoms with Crippen molar-refractivity contribution in [1.82, 2.24) is 9.55 Å². The number of benzene rings is 2. The van der Waals surface area contributed by atoms with Crippen molar-refractivity contribution in [3.8, 4) is 11.4 Å². The molecule has 0 radical (unpaired) electrons. The van der Waals surface area contributed by atoms with Crippen LogP contribution in [0.5, 0.6) is 5.75 Å². The lowest BCUT2D eigenvalue weighted by atomic mass is 9.92. The fourth-order valence-corrected chi connectivity index (χ4v) is 4.00. The van der Waals surface area contributed by atoms with E-state index in [0.29, 0.717) is 32.5 Å². The molecule has 0 atom stereocenters. The van der Waals surface area contributed by atoms with Crippen molar-refractivity contribution in [3.05, 3.63) is 57.8 Å². The number of fused-ring (bicyclic) bond motifs is 1. The molecular formula is C21H21ClN2O3S. The molecule has 0 saturated carbocycles. The van der Waals surface area contributed by atoms with Gasteiger partial charge < -0.3 is 4.74 Å². The highest BCUT2D eigenvalue weighted by Gasteiger charge is 2.23. The average molecular weight is 417 g/mol. The fourth-order valence-electron chi connectivity index (χ4n) is 2.58. The molecule has 7 heteroatoms. The highest BCUT2D eigenvalue weighted by Crippen LogP contribution is 2.29. The zero-order valence-corrected chi connectivity index (χ0v) is 17.7. The number of rotatable bonds is 5. The number of halogens is 1. The van der Waals surface area contributed by atoms with E-state index >= 15 is 0 Å². The van der Waals surface area contributed by atoms with Crippen LogP contribution in [-0.2, 0) is 4.79 Å². The first-order valence-electron chi connectivity index (χ1n) is 8.74. The molecule has 0 aliphatic heterocycles. The number of methoxy groups -OCH3 is 1. The normalized spacial score (nSPS) is 11.6. The van der Waals surface area contributed by atoms with E-state index in [1.807, 2.05) is 26.8 Å². The lowest BCUT2D eigenvalue weighted by Gasteiger charge is -2.17. The van der Waals surface area contributed by atoms with Crippen LogP contribution < -0.4 is 10.3 Å². The second-order valence-electron chi connectivity index (χ2n) is 7.33. The van der Waals surface area contributed by atoms with E-state index in [1.165, 1.54) is 23.4 Å². The Labute approximate surface area is 172 Å². The van der Waals surface area contributed by atoms with Gasteiger partial charge in [-0.3, -0.25) is 14.2 Å². The van der Waals surface area contributed by atoms with Crippen molar-refractivity contribution in [1.29, 1.82) is 0 Å². The van der Waals surface area contributed by atoms with Crippen molar-refractivity contribution in [3.63, 3.8) is 0 Å². The third-order valence-electron chi connectivity index (χ3n) is 4.31. The fraction of sp³-hybridized carbons (Fsp3) is 0.286. The molecule has 0 fully saturated rings. The Kier molecular flexibility index (Phi) is 5.82. The molecule has 2 aromatic carbocycles. The van der Waals surface area contributed by atoms with E-state index in [9.17, 15) is 9.59 Å². The molecular weight excluding hydrogens is 396 g/mol. The van der Waals surface area contributed by atoms with Crippen molar-refractivity contribution in [2.45, 2.75) is 25.9 Å². The van der Waals surface area contributed by atoms with Crippen molar-refractivity contribution in [2.24, 2.45) is 5.41 Å². The Hall–Kier alpha value is -2.31. The minimum absolute atomic E-state index is 0.0826. The monoisotopic (exact) mass is 416 g/mol. The standard InChI is InChI=1S/C21H21ClN2O3S/c1-21(2,3)18(25)12-28-20-23-16-8-6-5-7-14(16)19(26)24(20)13-9-10-17(27-4)15(22)11-13/h5-11H,12H2,1-4H3. The van der Waals surface area contributed by atoms with Crippen LogP contribution in [-0.4, -0.2) is 28.2 Å². The zero-order chi connectivity index (χ0) is 20.5. The Balaban J connectivity index is 2.16. The van der Waals surface area contributed by atoms with Gasteiger partial charge in [-0.2, -0.15) is 0 Å². The van der Waals surface area contributed by atoms with E-state index in [1.54, 1.807) is 36.4 Å². The number of ether oxygens (including phenoxy) is 1. The molecule has 1 aromatic heterocycles. The topological polar surface area (TPSA) is 61.2 Å². The molecule has 1 heterocycles. The predicted octanol–water partition coefficient (Wildman–Crippen LogP) is 4.76. The van der Waals surface area contributed by atoms with Gasteiger partial charge in [0.2, 0.25) is 0 Å². The Bertz CT molecular complexity index is 1100. The summed E-state index contributed by atoms with van der Waals surface area (Å²) in [5.41, 5.74) is 0.490. The maximum Gasteiger partial charge on any atom is 0.266 e. The van der Waals surface area contributed by atoms with Crippen LogP contribution in [0.2, 0.25) is 5.02 Å². The van der Waals surface area contributed by atoms with Crippen LogP contribution in [0.15, 0.2) is 52.4 Å². The van der Waals surface area contributed by atoms with Gasteiger partial charge in [-0.1, -0.05) is 56.3 Å². The van der Waals surface area contributed by atoms with Crippen LogP contribution in [0.1, 0.15) is 20.8 Å². The van der Waals surface area contributed by atoms with Gasteiger partial charge in [-0.15, -0.1) is 0 Å². The smallest absolute Gasteiger partial charge is 0.266 e. The molecule has 3 rings (SSSR count). The van der Waals surface area contributed by atoms with E-state index in [2.05, 4.69) is 4.98 Å². The number of para-hydroxylation sites is 1. The van der Waals surface area contributed by atoms with Crippen molar-refractivity contribution < 1.29 is 9.53 Å². The minimum atomic E-state index is -0.460. The van der Waals surface area contributed by atoms with Gasteiger partial charge in [0.15, 0.2) is 5.16 Å². The summed E-state index contributed by atoms with van der Waals surface area (Å²) in [4.78, 5) is 30.2. The van der Waals surface area contributed by atoms with Gasteiger partial charge in [-0.05, 0) is 30.3 Å². The summed E-state index contributed by atoms with van der Waals surface area (Å²) in [6.45, 7) is 5.63. The molecule has 0 unspecified atom stereocenters. The molecule has 0 bridgehead atoms. The van der Waals surface area contributed by atoms with Crippen molar-refractivity contribution in [2.75, 3.05) is 12.9 Å². The predicted molar refractivity (Wildman–Crippen MR) is 114 cm³/mol. The van der Waals surface area contributed by atoms with E-state index < -0.39 is 5.41 Å². The number of hydrogen-bond donors (Lipinski definition) is 0. The van der Waals surface area contributed by atoms with Gasteiger partial charge >= 0.3 is 0 Å². The second-order valence-corrected chi connectivity index (χ2v) is 8.68. The minimum Gasteiger partial charge on any atom is -0.495 e. The highest BCUT2D eigenvalue weighted by molar-refractivity contribution is 7.99. The van der Waals surface area contributed by atoms with Gasteiger partial charge in [0.05, 0.1) is 34.5 Å². The first kappa shape index (κ1) is 20.4. The molecule has 146 valence electrons. The van der Waals surface area contributed by atoms with Crippen molar-refractivity contribution >= 4 is 40.0 Å². The summed E-state index contributed by atoms with van der Waals surface area (Å²) in [5.74, 6) is 0.821. The molecule has 0 aliphatic carbocycles. The highest BCUT2D eigenvalue weighted by atomic mass is 35.5. The number of aromatic nitrogens is 2. The number of nitrogens with zero attached hydrogens (tertiary/aromatic N) is 2. The third-order valence-corrected chi connectivity index (χ3v) is 5.54. The van der Waals surface area contributed by atoms with Crippen LogP contribution in [0.3, 0.4) is 0 Å². The molecule has 0 saturated heterocycles. The zero-order valence-electron chi connectivity index (χ0n) is 16.2. The number of Topliss-reactive ketones (excluding diaryl/α,β-unsaturated/α-hetero) is 1. The van der Waals surface area contributed by atoms with E-state index in [-0.39, 0.29) is 17.1 Å². The molecule has 3 aromatic rings. The average Bonchev–Trinajstić information content (AvgIpc) is 2.65. The van der Waals surface area contributed by atoms with Crippen LogP contribution >= 0.6 is 23.4 Å². The molecule has 0 spiro atoms. The van der Waals surface area contributed by atoms with E-state index in [4.69, 9.17) is 16.3 Å². The lowest BCUT2D eigenvalue weighted by molar-refractivity contribution is -0.123. The molecule has 0 aliphatic rings. The van der Waals surface area contributed by atoms with Gasteiger partial charge in [0.25, 0.3) is 5.56 Å². The summed E-state index contributed by atoms with van der Waals surface area (Å²) in [7, 11) is 1.53. The molecule has 28 heavy (non-hydrogen) atoms. The first-order chi connectivity index (χ1) is 13.2. The Morgan fingerprint density at radius 2 is 1.93 bits per heavy atom. The molecule has 0 amide bonds. The van der Waals surface area contributed by atoms with Gasteiger partial charge in [0.1, 0.15) is 11.5 Å². The maximum atomic E-state index is 13.2. The number of ketones is 1. The maximum absolute atomic E-state index is 13.2. The third kappa shape index (κ3) is 4.08. The van der Waals surface area contributed by atoms with E-state index in [0.717, 1.165) is 0 Å². The lowest BCUT2D eigenvalue weighted by Crippen LogP contribution is -2.25. The summed E-state index contributed by atoms with van der Waals surface area (Å²) < 4.78 is 6.69. The molecule has 0 N–H and O–H groups in total. The first-order valence-corrected chi connectivity index (χ1v) is 10.1. The van der Waals surface area contributed by atoms with Crippen LogP contribution in [0.4, 0.5) is 0 Å². The summed E-state index contributed by atoms with van der Waals surface area (Å²) in [6, 6.07) is 12.3.